The molecule has 1 atom stereocenters. The van der Waals surface area contributed by atoms with Crippen LogP contribution in [0.2, 0.25) is 0 Å². The molecule has 1 aromatic carbocycles. The molecule has 2 aromatic rings. The molecule has 0 saturated heterocycles. The van der Waals surface area contributed by atoms with E-state index in [4.69, 9.17) is 5.73 Å². The van der Waals surface area contributed by atoms with E-state index in [2.05, 4.69) is 10.3 Å². The summed E-state index contributed by atoms with van der Waals surface area (Å²) < 4.78 is 13.0. The van der Waals surface area contributed by atoms with Crippen molar-refractivity contribution in [1.29, 1.82) is 0 Å². The van der Waals surface area contributed by atoms with Gasteiger partial charge in [0.2, 0.25) is 5.91 Å². The lowest BCUT2D eigenvalue weighted by Crippen LogP contribution is -2.34. The number of hydrogen-bond donors (Lipinski definition) is 2. The minimum atomic E-state index is -0.256. The third-order valence-corrected chi connectivity index (χ3v) is 4.82. The van der Waals surface area contributed by atoms with E-state index < -0.39 is 0 Å². The van der Waals surface area contributed by atoms with Gasteiger partial charge >= 0.3 is 0 Å². The van der Waals surface area contributed by atoms with E-state index in [1.54, 1.807) is 23.5 Å². The lowest BCUT2D eigenvalue weighted by molar-refractivity contribution is -0.120. The van der Waals surface area contributed by atoms with Gasteiger partial charge in [0.05, 0.1) is 23.2 Å². The molecule has 0 saturated carbocycles. The van der Waals surface area contributed by atoms with E-state index in [1.807, 2.05) is 0 Å². The zero-order valence-corrected chi connectivity index (χ0v) is 13.5. The quantitative estimate of drug-likeness (QED) is 0.902. The molecular weight excluding hydrogens is 325 g/mol. The second-order valence-electron chi connectivity index (χ2n) is 5.05. The molecule has 3 rings (SSSR count). The van der Waals surface area contributed by atoms with Crippen molar-refractivity contribution in [3.8, 4) is 10.6 Å². The van der Waals surface area contributed by atoms with E-state index in [1.165, 1.54) is 12.1 Å². The van der Waals surface area contributed by atoms with Crippen LogP contribution in [0.5, 0.6) is 0 Å². The summed E-state index contributed by atoms with van der Waals surface area (Å²) in [5.41, 5.74) is 7.30. The minimum Gasteiger partial charge on any atom is -0.347 e. The molecule has 0 radical (unpaired) electrons. The molecule has 0 bridgehead atoms. The van der Waals surface area contributed by atoms with Crippen LogP contribution in [0.25, 0.3) is 10.6 Å². The van der Waals surface area contributed by atoms with E-state index >= 15 is 0 Å². The number of thiazole rings is 1. The second-order valence-corrected chi connectivity index (χ2v) is 6.08. The fraction of sp³-hybridized carbons (Fsp3) is 0.333. The number of fused-ring (bicyclic) bond motifs is 1. The number of amides is 1. The number of halogens is 2. The van der Waals surface area contributed by atoms with Gasteiger partial charge in [-0.3, -0.25) is 4.79 Å². The monoisotopic (exact) mass is 341 g/mol. The Hall–Kier alpha value is -1.50. The number of nitrogens with one attached hydrogen (secondary N) is 1. The van der Waals surface area contributed by atoms with Crippen molar-refractivity contribution in [2.45, 2.75) is 25.3 Å². The Bertz CT molecular complexity index is 659. The normalized spacial score (nSPS) is 16.5. The highest BCUT2D eigenvalue weighted by Gasteiger charge is 2.25. The summed E-state index contributed by atoms with van der Waals surface area (Å²) in [6, 6.07) is 6.32. The van der Waals surface area contributed by atoms with Crippen LogP contribution in [0.1, 0.15) is 29.5 Å². The fourth-order valence-corrected chi connectivity index (χ4v) is 3.73. The van der Waals surface area contributed by atoms with Crippen LogP contribution in [0.4, 0.5) is 4.39 Å². The number of aryl methyl sites for hydroxylation is 1. The van der Waals surface area contributed by atoms with Gasteiger partial charge in [0.15, 0.2) is 0 Å². The van der Waals surface area contributed by atoms with E-state index in [0.717, 1.165) is 40.4 Å². The lowest BCUT2D eigenvalue weighted by atomic mass is 9.98. The number of aromatic nitrogens is 1. The van der Waals surface area contributed by atoms with Crippen molar-refractivity contribution in [3.63, 3.8) is 0 Å². The summed E-state index contributed by atoms with van der Waals surface area (Å²) in [4.78, 5) is 17.3. The Morgan fingerprint density at radius 1 is 1.41 bits per heavy atom. The second kappa shape index (κ2) is 7.17. The summed E-state index contributed by atoms with van der Waals surface area (Å²) >= 11 is 1.57. The SMILES string of the molecule is Cl.NCC(=O)NC1CCCc2nc(-c3ccc(F)cc3)sc21. The van der Waals surface area contributed by atoms with Crippen molar-refractivity contribution >= 4 is 29.7 Å². The Labute approximate surface area is 138 Å². The first-order chi connectivity index (χ1) is 10.2. The van der Waals surface area contributed by atoms with Crippen molar-refractivity contribution in [1.82, 2.24) is 10.3 Å². The van der Waals surface area contributed by atoms with Crippen molar-refractivity contribution in [2.24, 2.45) is 5.73 Å². The van der Waals surface area contributed by atoms with Gasteiger partial charge in [-0.1, -0.05) is 0 Å². The van der Waals surface area contributed by atoms with Crippen LogP contribution in [0, 0.1) is 5.82 Å². The predicted molar refractivity (Wildman–Crippen MR) is 87.6 cm³/mol. The maximum atomic E-state index is 13.0. The first-order valence-electron chi connectivity index (χ1n) is 6.92. The molecule has 1 amide bonds. The Morgan fingerprint density at radius 2 is 2.14 bits per heavy atom. The fourth-order valence-electron chi connectivity index (χ4n) is 2.53. The molecule has 0 fully saturated rings. The maximum Gasteiger partial charge on any atom is 0.234 e. The molecular formula is C15H17ClFN3OS. The first-order valence-corrected chi connectivity index (χ1v) is 7.74. The van der Waals surface area contributed by atoms with Crippen molar-refractivity contribution < 1.29 is 9.18 Å². The molecule has 7 heteroatoms. The summed E-state index contributed by atoms with van der Waals surface area (Å²) in [5, 5.41) is 3.81. The molecule has 1 aliphatic rings. The Balaban J connectivity index is 0.00000176. The first kappa shape index (κ1) is 16.9. The smallest absolute Gasteiger partial charge is 0.234 e. The number of nitrogens with two attached hydrogens (primary N) is 1. The van der Waals surface area contributed by atoms with Gasteiger partial charge in [-0.05, 0) is 43.5 Å². The largest absolute Gasteiger partial charge is 0.347 e. The molecule has 1 heterocycles. The third-order valence-electron chi connectivity index (χ3n) is 3.56. The minimum absolute atomic E-state index is 0. The number of carbonyl (C=O) groups is 1. The van der Waals surface area contributed by atoms with Crippen LogP contribution >= 0.6 is 23.7 Å². The number of nitrogens with zero attached hydrogens (tertiary/aromatic N) is 1. The lowest BCUT2D eigenvalue weighted by Gasteiger charge is -2.22. The molecule has 22 heavy (non-hydrogen) atoms. The highest BCUT2D eigenvalue weighted by atomic mass is 35.5. The molecule has 0 aliphatic heterocycles. The number of rotatable bonds is 3. The Morgan fingerprint density at radius 3 is 2.82 bits per heavy atom. The predicted octanol–water partition coefficient (Wildman–Crippen LogP) is 2.82. The van der Waals surface area contributed by atoms with Gasteiger partial charge in [0.1, 0.15) is 10.8 Å². The highest BCUT2D eigenvalue weighted by molar-refractivity contribution is 7.15. The van der Waals surface area contributed by atoms with Crippen LogP contribution < -0.4 is 11.1 Å². The van der Waals surface area contributed by atoms with Gasteiger partial charge in [-0.15, -0.1) is 23.7 Å². The molecule has 0 spiro atoms. The number of carbonyl (C=O) groups excluding carboxylic acids is 1. The average molecular weight is 342 g/mol. The van der Waals surface area contributed by atoms with Gasteiger partial charge in [0, 0.05) is 5.56 Å². The van der Waals surface area contributed by atoms with Gasteiger partial charge in [-0.2, -0.15) is 0 Å². The topological polar surface area (TPSA) is 68.0 Å². The zero-order valence-electron chi connectivity index (χ0n) is 11.8. The van der Waals surface area contributed by atoms with E-state index in [-0.39, 0.29) is 36.7 Å². The maximum absolute atomic E-state index is 13.0. The van der Waals surface area contributed by atoms with E-state index in [0.29, 0.717) is 0 Å². The summed E-state index contributed by atoms with van der Waals surface area (Å²) in [7, 11) is 0. The zero-order chi connectivity index (χ0) is 14.8. The van der Waals surface area contributed by atoms with Crippen molar-refractivity contribution in [2.75, 3.05) is 6.54 Å². The average Bonchev–Trinajstić information content (AvgIpc) is 2.93. The highest BCUT2D eigenvalue weighted by Crippen LogP contribution is 2.37. The van der Waals surface area contributed by atoms with E-state index in [9.17, 15) is 9.18 Å². The molecule has 1 aliphatic carbocycles. The Kier molecular flexibility index (Phi) is 5.50. The molecule has 1 unspecified atom stereocenters. The van der Waals surface area contributed by atoms with Crippen molar-refractivity contribution in [3.05, 3.63) is 40.7 Å². The van der Waals surface area contributed by atoms with Crippen LogP contribution in [0.15, 0.2) is 24.3 Å². The standard InChI is InChI=1S/C15H16FN3OS.ClH/c16-10-6-4-9(5-7-10)15-19-12-3-1-2-11(14(12)21-15)18-13(20)8-17;/h4-7,11H,1-3,8,17H2,(H,18,20);1H. The molecule has 118 valence electrons. The summed E-state index contributed by atoms with van der Waals surface area (Å²) in [6.45, 7) is -0.00451. The number of benzene rings is 1. The number of hydrogen-bond acceptors (Lipinski definition) is 4. The molecule has 3 N–H and O–H groups in total. The molecule has 1 aromatic heterocycles. The van der Waals surface area contributed by atoms with Crippen LogP contribution in [0.3, 0.4) is 0 Å². The van der Waals surface area contributed by atoms with Gasteiger partial charge in [0.25, 0.3) is 0 Å². The molecule has 4 nitrogen and oxygen atoms in total. The summed E-state index contributed by atoms with van der Waals surface area (Å²) in [5.74, 6) is -0.405. The summed E-state index contributed by atoms with van der Waals surface area (Å²) in [6.07, 6.45) is 2.82. The van der Waals surface area contributed by atoms with Crippen LogP contribution in [-0.2, 0) is 11.2 Å². The van der Waals surface area contributed by atoms with Crippen LogP contribution in [-0.4, -0.2) is 17.4 Å². The third kappa shape index (κ3) is 3.45. The van der Waals surface area contributed by atoms with Gasteiger partial charge < -0.3 is 11.1 Å². The van der Waals surface area contributed by atoms with Gasteiger partial charge in [-0.25, -0.2) is 9.37 Å².